The van der Waals surface area contributed by atoms with Crippen LogP contribution < -0.4 is 20.7 Å². The van der Waals surface area contributed by atoms with Crippen LogP contribution in [0.3, 0.4) is 0 Å². The number of carbonyl (C=O) groups is 3. The fourth-order valence-corrected chi connectivity index (χ4v) is 4.57. The highest BCUT2D eigenvalue weighted by Gasteiger charge is 2.16. The van der Waals surface area contributed by atoms with E-state index in [4.69, 9.17) is 4.74 Å². The van der Waals surface area contributed by atoms with E-state index < -0.39 is 5.91 Å². The lowest BCUT2D eigenvalue weighted by atomic mass is 10.1. The van der Waals surface area contributed by atoms with Crippen molar-refractivity contribution in [1.29, 1.82) is 0 Å². The molecular weight excluding hydrogens is 522 g/mol. The molecule has 0 bridgehead atoms. The van der Waals surface area contributed by atoms with Crippen LogP contribution in [-0.4, -0.2) is 30.6 Å². The maximum atomic E-state index is 13.3. The summed E-state index contributed by atoms with van der Waals surface area (Å²) < 4.78 is 5.28. The number of hydrogen-bond acceptors (Lipinski definition) is 5. The van der Waals surface area contributed by atoms with Crippen LogP contribution in [0.2, 0.25) is 0 Å². The number of carbonyl (C=O) groups excluding carboxylic acids is 3. The lowest BCUT2D eigenvalue weighted by Crippen LogP contribution is -2.30. The standard InChI is InChI=1S/C32H29N3O4S/c1-22-10-8-11-23(18-22)19-28(35-31(37)24-12-4-3-5-13-24)32(38)33-25-14-9-15-26(20-25)40-21-30(36)34-27-16-6-7-17-29(27)39-2/h3-20H,21H2,1-2H3,(H,33,38)(H,34,36)(H,35,37)/b28-19+. The molecule has 3 N–H and O–H groups in total. The first kappa shape index (κ1) is 28.2. The fraction of sp³-hybridized carbons (Fsp3) is 0.0938. The number of hydrogen-bond donors (Lipinski definition) is 3. The third-order valence-electron chi connectivity index (χ3n) is 5.72. The average Bonchev–Trinajstić information content (AvgIpc) is 2.96. The molecule has 0 radical (unpaired) electrons. The molecule has 0 aliphatic carbocycles. The summed E-state index contributed by atoms with van der Waals surface area (Å²) in [6.45, 7) is 1.96. The van der Waals surface area contributed by atoms with E-state index in [1.165, 1.54) is 11.8 Å². The molecule has 40 heavy (non-hydrogen) atoms. The summed E-state index contributed by atoms with van der Waals surface area (Å²) >= 11 is 1.33. The normalized spacial score (nSPS) is 10.9. The van der Waals surface area contributed by atoms with Gasteiger partial charge in [0.15, 0.2) is 0 Å². The van der Waals surface area contributed by atoms with Gasteiger partial charge in [-0.25, -0.2) is 0 Å². The van der Waals surface area contributed by atoms with Gasteiger partial charge in [0, 0.05) is 16.1 Å². The van der Waals surface area contributed by atoms with Gasteiger partial charge >= 0.3 is 0 Å². The molecule has 0 heterocycles. The van der Waals surface area contributed by atoms with Crippen molar-refractivity contribution in [1.82, 2.24) is 5.32 Å². The monoisotopic (exact) mass is 551 g/mol. The van der Waals surface area contributed by atoms with Gasteiger partial charge in [-0.15, -0.1) is 11.8 Å². The Balaban J connectivity index is 1.45. The fourth-order valence-electron chi connectivity index (χ4n) is 3.81. The zero-order valence-corrected chi connectivity index (χ0v) is 23.0. The summed E-state index contributed by atoms with van der Waals surface area (Å²) in [6, 6.07) is 30.7. The van der Waals surface area contributed by atoms with E-state index in [-0.39, 0.29) is 23.3 Å². The van der Waals surface area contributed by atoms with Crippen molar-refractivity contribution in [3.8, 4) is 5.75 Å². The van der Waals surface area contributed by atoms with Gasteiger partial charge in [0.25, 0.3) is 11.8 Å². The van der Waals surface area contributed by atoms with Crippen LogP contribution in [0.1, 0.15) is 21.5 Å². The third kappa shape index (κ3) is 8.09. The number of ether oxygens (including phenoxy) is 1. The van der Waals surface area contributed by atoms with E-state index in [2.05, 4.69) is 16.0 Å². The molecule has 7 nitrogen and oxygen atoms in total. The van der Waals surface area contributed by atoms with Crippen LogP contribution in [0.5, 0.6) is 5.75 Å². The number of thioether (sulfide) groups is 1. The van der Waals surface area contributed by atoms with Crippen molar-refractivity contribution in [2.75, 3.05) is 23.5 Å². The molecule has 0 saturated heterocycles. The second-order valence-electron chi connectivity index (χ2n) is 8.81. The molecule has 0 spiro atoms. The quantitative estimate of drug-likeness (QED) is 0.162. The number of para-hydroxylation sites is 2. The zero-order valence-electron chi connectivity index (χ0n) is 22.1. The lowest BCUT2D eigenvalue weighted by Gasteiger charge is -2.12. The number of amides is 3. The Labute approximate surface area is 237 Å². The van der Waals surface area contributed by atoms with E-state index >= 15 is 0 Å². The summed E-state index contributed by atoms with van der Waals surface area (Å²) in [7, 11) is 1.55. The van der Waals surface area contributed by atoms with Gasteiger partial charge in [-0.1, -0.05) is 66.2 Å². The maximum absolute atomic E-state index is 13.3. The average molecular weight is 552 g/mol. The first-order valence-corrected chi connectivity index (χ1v) is 13.5. The van der Waals surface area contributed by atoms with Gasteiger partial charge in [0.05, 0.1) is 18.6 Å². The molecule has 0 unspecified atom stereocenters. The van der Waals surface area contributed by atoms with Gasteiger partial charge in [0.2, 0.25) is 5.91 Å². The predicted molar refractivity (Wildman–Crippen MR) is 160 cm³/mol. The second-order valence-corrected chi connectivity index (χ2v) is 9.86. The van der Waals surface area contributed by atoms with Crippen LogP contribution >= 0.6 is 11.8 Å². The van der Waals surface area contributed by atoms with Crippen LogP contribution in [-0.2, 0) is 9.59 Å². The summed E-state index contributed by atoms with van der Waals surface area (Å²) in [6.07, 6.45) is 1.64. The smallest absolute Gasteiger partial charge is 0.272 e. The van der Waals surface area contributed by atoms with Crippen LogP contribution in [0, 0.1) is 6.92 Å². The molecule has 0 saturated carbocycles. The third-order valence-corrected chi connectivity index (χ3v) is 6.72. The highest BCUT2D eigenvalue weighted by Crippen LogP contribution is 2.25. The molecule has 4 aromatic rings. The Kier molecular flexibility index (Phi) is 9.74. The van der Waals surface area contributed by atoms with Crippen molar-refractivity contribution in [3.05, 3.63) is 126 Å². The Morgan fingerprint density at radius 1 is 0.825 bits per heavy atom. The number of aryl methyl sites for hydroxylation is 1. The lowest BCUT2D eigenvalue weighted by molar-refractivity contribution is -0.114. The molecule has 0 aliphatic rings. The van der Waals surface area contributed by atoms with E-state index in [0.29, 0.717) is 22.7 Å². The molecule has 202 valence electrons. The largest absolute Gasteiger partial charge is 0.495 e. The van der Waals surface area contributed by atoms with Crippen molar-refractivity contribution < 1.29 is 19.1 Å². The first-order valence-electron chi connectivity index (χ1n) is 12.5. The summed E-state index contributed by atoms with van der Waals surface area (Å²) in [5, 5.41) is 8.46. The van der Waals surface area contributed by atoms with E-state index in [1.54, 1.807) is 67.8 Å². The number of nitrogens with one attached hydrogen (secondary N) is 3. The van der Waals surface area contributed by atoms with Crippen LogP contribution in [0.25, 0.3) is 6.08 Å². The molecular formula is C32H29N3O4S. The Morgan fingerprint density at radius 3 is 2.35 bits per heavy atom. The first-order chi connectivity index (χ1) is 19.4. The summed E-state index contributed by atoms with van der Waals surface area (Å²) in [5.74, 6) is -0.293. The zero-order chi connectivity index (χ0) is 28.3. The molecule has 0 aliphatic heterocycles. The molecule has 4 rings (SSSR count). The van der Waals surface area contributed by atoms with Crippen LogP contribution in [0.15, 0.2) is 114 Å². The minimum Gasteiger partial charge on any atom is -0.495 e. The molecule has 8 heteroatoms. The Bertz CT molecular complexity index is 1540. The SMILES string of the molecule is COc1ccccc1NC(=O)CSc1cccc(NC(=O)/C(=C\c2cccc(C)c2)NC(=O)c2ccccc2)c1. The number of methoxy groups -OCH3 is 1. The van der Waals surface area contributed by atoms with Crippen molar-refractivity contribution in [2.45, 2.75) is 11.8 Å². The van der Waals surface area contributed by atoms with Gasteiger partial charge in [-0.2, -0.15) is 0 Å². The minimum absolute atomic E-state index is 0.105. The second kappa shape index (κ2) is 13.8. The topological polar surface area (TPSA) is 96.5 Å². The van der Waals surface area contributed by atoms with Gasteiger partial charge < -0.3 is 20.7 Å². The molecule has 0 fully saturated rings. The van der Waals surface area contributed by atoms with E-state index in [0.717, 1.165) is 16.0 Å². The summed E-state index contributed by atoms with van der Waals surface area (Å²) in [5.41, 5.74) is 3.49. The molecule has 3 amide bonds. The summed E-state index contributed by atoms with van der Waals surface area (Å²) in [4.78, 5) is 39.5. The minimum atomic E-state index is -0.471. The van der Waals surface area contributed by atoms with Crippen molar-refractivity contribution in [2.24, 2.45) is 0 Å². The van der Waals surface area contributed by atoms with E-state index in [1.807, 2.05) is 55.5 Å². The molecule has 4 aromatic carbocycles. The maximum Gasteiger partial charge on any atom is 0.272 e. The van der Waals surface area contributed by atoms with E-state index in [9.17, 15) is 14.4 Å². The highest BCUT2D eigenvalue weighted by molar-refractivity contribution is 8.00. The van der Waals surface area contributed by atoms with Crippen LogP contribution in [0.4, 0.5) is 11.4 Å². The van der Waals surface area contributed by atoms with Gasteiger partial charge in [-0.3, -0.25) is 14.4 Å². The number of anilines is 2. The van der Waals surface area contributed by atoms with Gasteiger partial charge in [0.1, 0.15) is 11.4 Å². The number of rotatable bonds is 10. The predicted octanol–water partition coefficient (Wildman–Crippen LogP) is 6.14. The number of benzene rings is 4. The van der Waals surface area contributed by atoms with Crippen molar-refractivity contribution >= 4 is 46.9 Å². The van der Waals surface area contributed by atoms with Crippen molar-refractivity contribution in [3.63, 3.8) is 0 Å². The Hall–Kier alpha value is -4.82. The highest BCUT2D eigenvalue weighted by atomic mass is 32.2. The van der Waals surface area contributed by atoms with Gasteiger partial charge in [-0.05, 0) is 61.0 Å². The molecule has 0 atom stereocenters. The molecule has 0 aromatic heterocycles. The Morgan fingerprint density at radius 2 is 1.57 bits per heavy atom.